The van der Waals surface area contributed by atoms with E-state index in [0.717, 1.165) is 42.4 Å². The maximum Gasteiger partial charge on any atom is 0.295 e. The van der Waals surface area contributed by atoms with Gasteiger partial charge >= 0.3 is 0 Å². The first kappa shape index (κ1) is 20.2. The summed E-state index contributed by atoms with van der Waals surface area (Å²) in [6, 6.07) is 12.7. The number of hydrogen-bond acceptors (Lipinski definition) is 4. The second kappa shape index (κ2) is 7.98. The molecule has 2 fully saturated rings. The summed E-state index contributed by atoms with van der Waals surface area (Å²) in [7, 11) is 1.54. The average Bonchev–Trinajstić information content (AvgIpc) is 3.35. The molecule has 1 heterocycles. The Morgan fingerprint density at radius 3 is 2.37 bits per heavy atom. The SMILES string of the molecule is COc1c(C)cc(C)cc1/C(O)=C1\C(=O)C(=O)N(C2CCCC2)C1c1ccccc1. The van der Waals surface area contributed by atoms with Crippen molar-refractivity contribution >= 4 is 17.4 Å². The van der Waals surface area contributed by atoms with Crippen molar-refractivity contribution in [2.24, 2.45) is 0 Å². The number of aryl methyl sites for hydroxylation is 2. The number of ether oxygens (including phenoxy) is 1. The van der Waals surface area contributed by atoms with Crippen molar-refractivity contribution in [1.29, 1.82) is 0 Å². The standard InChI is InChI=1S/C25H27NO4/c1-15-13-16(2)24(30-3)19(14-15)22(27)20-21(17-9-5-4-6-10-17)26(25(29)23(20)28)18-11-7-8-12-18/h4-6,9-10,13-14,18,21,27H,7-8,11-12H2,1-3H3/b22-20+. The van der Waals surface area contributed by atoms with E-state index in [4.69, 9.17) is 4.74 Å². The lowest BCUT2D eigenvalue weighted by atomic mass is 9.93. The number of amides is 1. The number of hydrogen-bond donors (Lipinski definition) is 1. The number of likely N-dealkylation sites (tertiary alicyclic amines) is 1. The second-order valence-corrected chi connectivity index (χ2v) is 8.22. The van der Waals surface area contributed by atoms with Crippen LogP contribution in [-0.4, -0.2) is 34.8 Å². The highest BCUT2D eigenvalue weighted by atomic mass is 16.5. The largest absolute Gasteiger partial charge is 0.507 e. The van der Waals surface area contributed by atoms with Crippen LogP contribution in [0.15, 0.2) is 48.0 Å². The molecule has 5 heteroatoms. The summed E-state index contributed by atoms with van der Waals surface area (Å²) in [5, 5.41) is 11.4. The van der Waals surface area contributed by atoms with E-state index in [-0.39, 0.29) is 17.4 Å². The van der Waals surface area contributed by atoms with Crippen LogP contribution in [0.1, 0.15) is 54.0 Å². The molecule has 0 radical (unpaired) electrons. The number of rotatable bonds is 4. The van der Waals surface area contributed by atoms with Gasteiger partial charge < -0.3 is 14.7 Å². The highest BCUT2D eigenvalue weighted by Gasteiger charge is 2.49. The molecule has 1 atom stereocenters. The van der Waals surface area contributed by atoms with E-state index in [1.165, 1.54) is 0 Å². The van der Waals surface area contributed by atoms with Crippen LogP contribution < -0.4 is 4.74 Å². The zero-order chi connectivity index (χ0) is 21.4. The second-order valence-electron chi connectivity index (χ2n) is 8.22. The molecule has 1 aliphatic carbocycles. The summed E-state index contributed by atoms with van der Waals surface area (Å²) in [6.45, 7) is 3.82. The lowest BCUT2D eigenvalue weighted by Gasteiger charge is -2.30. The van der Waals surface area contributed by atoms with E-state index in [1.807, 2.05) is 50.2 Å². The zero-order valence-electron chi connectivity index (χ0n) is 17.6. The monoisotopic (exact) mass is 405 g/mol. The summed E-state index contributed by atoms with van der Waals surface area (Å²) < 4.78 is 5.54. The van der Waals surface area contributed by atoms with E-state index in [1.54, 1.807) is 18.1 Å². The molecule has 2 aliphatic rings. The van der Waals surface area contributed by atoms with Gasteiger partial charge in [-0.25, -0.2) is 0 Å². The molecule has 1 saturated heterocycles. The number of aliphatic hydroxyl groups excluding tert-OH is 1. The number of Topliss-reactive ketones (excluding diaryl/α,β-unsaturated/α-hetero) is 1. The van der Waals surface area contributed by atoms with Crippen molar-refractivity contribution < 1.29 is 19.4 Å². The van der Waals surface area contributed by atoms with Crippen LogP contribution in [0.25, 0.3) is 5.76 Å². The Bertz CT molecular complexity index is 1020. The predicted molar refractivity (Wildman–Crippen MR) is 115 cm³/mol. The van der Waals surface area contributed by atoms with Gasteiger partial charge in [-0.05, 0) is 49.4 Å². The number of methoxy groups -OCH3 is 1. The van der Waals surface area contributed by atoms with Gasteiger partial charge in [-0.15, -0.1) is 0 Å². The van der Waals surface area contributed by atoms with Crippen molar-refractivity contribution in [2.75, 3.05) is 7.11 Å². The molecule has 0 aromatic heterocycles. The molecule has 0 bridgehead atoms. The van der Waals surface area contributed by atoms with Crippen LogP contribution in [-0.2, 0) is 9.59 Å². The number of nitrogens with zero attached hydrogens (tertiary/aromatic N) is 1. The Morgan fingerprint density at radius 2 is 1.73 bits per heavy atom. The maximum atomic E-state index is 13.2. The smallest absolute Gasteiger partial charge is 0.295 e. The minimum Gasteiger partial charge on any atom is -0.507 e. The lowest BCUT2D eigenvalue weighted by Crippen LogP contribution is -2.37. The van der Waals surface area contributed by atoms with Gasteiger partial charge in [-0.2, -0.15) is 0 Å². The summed E-state index contributed by atoms with van der Waals surface area (Å²) >= 11 is 0. The van der Waals surface area contributed by atoms with Crippen LogP contribution in [0.5, 0.6) is 5.75 Å². The van der Waals surface area contributed by atoms with E-state index in [0.29, 0.717) is 11.3 Å². The number of carbonyl (C=O) groups excluding carboxylic acids is 2. The molecular weight excluding hydrogens is 378 g/mol. The number of ketones is 1. The van der Waals surface area contributed by atoms with Crippen molar-refractivity contribution in [3.63, 3.8) is 0 Å². The zero-order valence-corrected chi connectivity index (χ0v) is 17.6. The normalized spacial score (nSPS) is 21.4. The van der Waals surface area contributed by atoms with Gasteiger partial charge in [0.15, 0.2) is 0 Å². The Labute approximate surface area is 177 Å². The topological polar surface area (TPSA) is 66.8 Å². The fourth-order valence-corrected chi connectivity index (χ4v) is 4.92. The molecular formula is C25H27NO4. The van der Waals surface area contributed by atoms with Crippen LogP contribution in [0.4, 0.5) is 0 Å². The van der Waals surface area contributed by atoms with Crippen molar-refractivity contribution in [3.05, 3.63) is 70.3 Å². The quantitative estimate of drug-likeness (QED) is 0.456. The Hall–Kier alpha value is -3.08. The van der Waals surface area contributed by atoms with Crippen molar-refractivity contribution in [3.8, 4) is 5.75 Å². The third-order valence-corrected chi connectivity index (χ3v) is 6.19. The van der Waals surface area contributed by atoms with Crippen LogP contribution >= 0.6 is 0 Å². The van der Waals surface area contributed by atoms with Gasteiger partial charge in [0, 0.05) is 6.04 Å². The molecule has 30 heavy (non-hydrogen) atoms. The molecule has 1 amide bonds. The summed E-state index contributed by atoms with van der Waals surface area (Å²) in [6.07, 6.45) is 3.84. The van der Waals surface area contributed by atoms with Gasteiger partial charge in [0.05, 0.1) is 24.3 Å². The van der Waals surface area contributed by atoms with Crippen LogP contribution in [0.3, 0.4) is 0 Å². The van der Waals surface area contributed by atoms with Crippen molar-refractivity contribution in [1.82, 2.24) is 4.90 Å². The van der Waals surface area contributed by atoms with Gasteiger partial charge in [0.1, 0.15) is 11.5 Å². The first-order valence-corrected chi connectivity index (χ1v) is 10.4. The molecule has 1 saturated carbocycles. The average molecular weight is 405 g/mol. The Balaban J connectivity index is 1.95. The molecule has 0 spiro atoms. The van der Waals surface area contributed by atoms with Gasteiger partial charge in [0.25, 0.3) is 11.7 Å². The minimum absolute atomic E-state index is 0.0121. The molecule has 156 valence electrons. The Kier molecular flexibility index (Phi) is 5.37. The van der Waals surface area contributed by atoms with Crippen molar-refractivity contribution in [2.45, 2.75) is 51.6 Å². The molecule has 5 nitrogen and oxygen atoms in total. The number of aliphatic hydroxyl groups is 1. The third-order valence-electron chi connectivity index (χ3n) is 6.19. The molecule has 4 rings (SSSR count). The Morgan fingerprint density at radius 1 is 1.07 bits per heavy atom. The summed E-state index contributed by atoms with van der Waals surface area (Å²) in [5.41, 5.74) is 3.21. The van der Waals surface area contributed by atoms with Crippen LogP contribution in [0.2, 0.25) is 0 Å². The number of carbonyl (C=O) groups is 2. The minimum atomic E-state index is -0.630. The maximum absolute atomic E-state index is 13.2. The third kappa shape index (κ3) is 3.28. The molecule has 1 aliphatic heterocycles. The summed E-state index contributed by atoms with van der Waals surface area (Å²) in [5.74, 6) is -0.821. The molecule has 1 N–H and O–H groups in total. The highest BCUT2D eigenvalue weighted by Crippen LogP contribution is 2.44. The molecule has 1 unspecified atom stereocenters. The van der Waals surface area contributed by atoms with Gasteiger partial charge in [0.2, 0.25) is 0 Å². The van der Waals surface area contributed by atoms with E-state index < -0.39 is 17.7 Å². The van der Waals surface area contributed by atoms with Gasteiger partial charge in [-0.1, -0.05) is 49.2 Å². The van der Waals surface area contributed by atoms with E-state index in [2.05, 4.69) is 0 Å². The number of benzene rings is 2. The van der Waals surface area contributed by atoms with Gasteiger partial charge in [-0.3, -0.25) is 9.59 Å². The van der Waals surface area contributed by atoms with E-state index >= 15 is 0 Å². The van der Waals surface area contributed by atoms with E-state index in [9.17, 15) is 14.7 Å². The lowest BCUT2D eigenvalue weighted by molar-refractivity contribution is -0.141. The summed E-state index contributed by atoms with van der Waals surface area (Å²) in [4.78, 5) is 28.0. The van der Waals surface area contributed by atoms with Crippen LogP contribution in [0, 0.1) is 13.8 Å². The molecule has 2 aromatic rings. The highest BCUT2D eigenvalue weighted by molar-refractivity contribution is 6.46. The fourth-order valence-electron chi connectivity index (χ4n) is 4.92. The predicted octanol–water partition coefficient (Wildman–Crippen LogP) is 4.68. The first-order valence-electron chi connectivity index (χ1n) is 10.4. The first-order chi connectivity index (χ1) is 14.4. The molecule has 2 aromatic carbocycles. The fraction of sp³-hybridized carbons (Fsp3) is 0.360.